The number of nitrogen functional groups attached to an aromatic ring is 1. The van der Waals surface area contributed by atoms with Crippen LogP contribution in [0.2, 0.25) is 0 Å². The van der Waals surface area contributed by atoms with Gasteiger partial charge in [-0.3, -0.25) is 0 Å². The first kappa shape index (κ1) is 11.7. The number of carbonyl (C=O) groups is 1. The summed E-state index contributed by atoms with van der Waals surface area (Å²) in [7, 11) is 0. The number of carboxylic acids is 1. The first-order valence-electron chi connectivity index (χ1n) is 5.18. The molecule has 88 valence electrons. The van der Waals surface area contributed by atoms with Gasteiger partial charge in [0.2, 0.25) is 0 Å². The SMILES string of the molecule is Cc1ccc(-c2csc(C(=O)O)c2N)cc1C. The van der Waals surface area contributed by atoms with Gasteiger partial charge in [-0.25, -0.2) is 4.79 Å². The molecule has 3 N–H and O–H groups in total. The van der Waals surface area contributed by atoms with Gasteiger partial charge >= 0.3 is 5.97 Å². The lowest BCUT2D eigenvalue weighted by atomic mass is 10.0. The van der Waals surface area contributed by atoms with Crippen LogP contribution in [0.1, 0.15) is 20.8 Å². The second-order valence-corrected chi connectivity index (χ2v) is 4.88. The lowest BCUT2D eigenvalue weighted by Crippen LogP contribution is -1.98. The van der Waals surface area contributed by atoms with Crippen LogP contribution in [0.5, 0.6) is 0 Å². The van der Waals surface area contributed by atoms with E-state index < -0.39 is 5.97 Å². The zero-order chi connectivity index (χ0) is 12.6. The molecule has 2 aromatic rings. The summed E-state index contributed by atoms with van der Waals surface area (Å²) in [6, 6.07) is 6.01. The Bertz CT molecular complexity index is 587. The molecule has 0 aliphatic carbocycles. The Morgan fingerprint density at radius 3 is 2.53 bits per heavy atom. The van der Waals surface area contributed by atoms with Crippen molar-refractivity contribution in [3.05, 3.63) is 39.6 Å². The van der Waals surface area contributed by atoms with Gasteiger partial charge in [-0.05, 0) is 30.5 Å². The molecule has 3 nitrogen and oxygen atoms in total. The zero-order valence-corrected chi connectivity index (χ0v) is 10.5. The highest BCUT2D eigenvalue weighted by Crippen LogP contribution is 2.34. The molecule has 1 aromatic carbocycles. The minimum atomic E-state index is -0.970. The van der Waals surface area contributed by atoms with Crippen LogP contribution in [0.15, 0.2) is 23.6 Å². The van der Waals surface area contributed by atoms with E-state index in [1.54, 1.807) is 5.38 Å². The summed E-state index contributed by atoms with van der Waals surface area (Å²) in [5, 5.41) is 10.7. The number of carboxylic acid groups (broad SMARTS) is 1. The maximum atomic E-state index is 10.9. The van der Waals surface area contributed by atoms with Gasteiger partial charge in [-0.15, -0.1) is 11.3 Å². The summed E-state index contributed by atoms with van der Waals surface area (Å²) < 4.78 is 0. The predicted octanol–water partition coefficient (Wildman–Crippen LogP) is 3.31. The van der Waals surface area contributed by atoms with E-state index in [-0.39, 0.29) is 4.88 Å². The van der Waals surface area contributed by atoms with Gasteiger partial charge in [0.1, 0.15) is 4.88 Å². The smallest absolute Gasteiger partial charge is 0.348 e. The van der Waals surface area contributed by atoms with Crippen molar-refractivity contribution in [3.63, 3.8) is 0 Å². The number of aromatic carboxylic acids is 1. The Labute approximate surface area is 104 Å². The van der Waals surface area contributed by atoms with Gasteiger partial charge in [-0.2, -0.15) is 0 Å². The van der Waals surface area contributed by atoms with Crippen molar-refractivity contribution in [3.8, 4) is 11.1 Å². The van der Waals surface area contributed by atoms with Crippen LogP contribution >= 0.6 is 11.3 Å². The molecule has 0 bridgehead atoms. The molecular weight excluding hydrogens is 234 g/mol. The summed E-state index contributed by atoms with van der Waals surface area (Å²) in [5.74, 6) is -0.970. The highest BCUT2D eigenvalue weighted by molar-refractivity contribution is 7.13. The number of thiophene rings is 1. The zero-order valence-electron chi connectivity index (χ0n) is 9.65. The van der Waals surface area contributed by atoms with E-state index in [0.717, 1.165) is 22.5 Å². The summed E-state index contributed by atoms with van der Waals surface area (Å²) in [6.45, 7) is 4.07. The maximum Gasteiger partial charge on any atom is 0.348 e. The van der Waals surface area contributed by atoms with Crippen molar-refractivity contribution >= 4 is 23.0 Å². The monoisotopic (exact) mass is 247 g/mol. The molecule has 0 saturated heterocycles. The highest BCUT2D eigenvalue weighted by atomic mass is 32.1. The quantitative estimate of drug-likeness (QED) is 0.855. The molecule has 2 rings (SSSR count). The molecule has 17 heavy (non-hydrogen) atoms. The third-order valence-corrected chi connectivity index (χ3v) is 3.83. The Morgan fingerprint density at radius 2 is 2.00 bits per heavy atom. The van der Waals surface area contributed by atoms with Crippen LogP contribution in [0.25, 0.3) is 11.1 Å². The molecule has 0 spiro atoms. The number of nitrogens with two attached hydrogens (primary N) is 1. The number of aryl methyl sites for hydroxylation is 2. The molecule has 4 heteroatoms. The largest absolute Gasteiger partial charge is 0.477 e. The Morgan fingerprint density at radius 1 is 1.29 bits per heavy atom. The Hall–Kier alpha value is -1.81. The number of rotatable bonds is 2. The third kappa shape index (κ3) is 2.03. The minimum absolute atomic E-state index is 0.207. The lowest BCUT2D eigenvalue weighted by molar-refractivity contribution is 0.0703. The average Bonchev–Trinajstić information content (AvgIpc) is 2.64. The van der Waals surface area contributed by atoms with Gasteiger partial charge in [0.15, 0.2) is 0 Å². The van der Waals surface area contributed by atoms with E-state index in [1.165, 1.54) is 11.1 Å². The van der Waals surface area contributed by atoms with Gasteiger partial charge in [0.25, 0.3) is 0 Å². The van der Waals surface area contributed by atoms with Crippen LogP contribution < -0.4 is 5.73 Å². The minimum Gasteiger partial charge on any atom is -0.477 e. The van der Waals surface area contributed by atoms with E-state index in [2.05, 4.69) is 0 Å². The summed E-state index contributed by atoms with van der Waals surface area (Å²) in [4.78, 5) is 11.1. The maximum absolute atomic E-state index is 10.9. The molecule has 0 amide bonds. The number of hydrogen-bond acceptors (Lipinski definition) is 3. The van der Waals surface area contributed by atoms with Gasteiger partial charge < -0.3 is 10.8 Å². The van der Waals surface area contributed by atoms with E-state index in [0.29, 0.717) is 5.69 Å². The van der Waals surface area contributed by atoms with Crippen molar-refractivity contribution in [1.82, 2.24) is 0 Å². The van der Waals surface area contributed by atoms with Crippen molar-refractivity contribution in [2.75, 3.05) is 5.73 Å². The fraction of sp³-hybridized carbons (Fsp3) is 0.154. The molecule has 0 atom stereocenters. The first-order chi connectivity index (χ1) is 8.00. The number of benzene rings is 1. The van der Waals surface area contributed by atoms with Crippen molar-refractivity contribution in [2.24, 2.45) is 0 Å². The fourth-order valence-electron chi connectivity index (χ4n) is 1.67. The summed E-state index contributed by atoms with van der Waals surface area (Å²) in [6.07, 6.45) is 0. The molecule has 1 aromatic heterocycles. The normalized spacial score (nSPS) is 10.5. The summed E-state index contributed by atoms with van der Waals surface area (Å²) >= 11 is 1.16. The fourth-order valence-corrected chi connectivity index (χ4v) is 2.50. The standard InChI is InChI=1S/C13H13NO2S/c1-7-3-4-9(5-8(7)2)10-6-17-12(11(10)14)13(15)16/h3-6H,14H2,1-2H3,(H,15,16). The Balaban J connectivity index is 2.53. The van der Waals surface area contributed by atoms with Crippen LogP contribution in [0.3, 0.4) is 0 Å². The third-order valence-electron chi connectivity index (χ3n) is 2.84. The van der Waals surface area contributed by atoms with Gasteiger partial charge in [0.05, 0.1) is 5.69 Å². The molecule has 0 aliphatic heterocycles. The average molecular weight is 247 g/mol. The lowest BCUT2D eigenvalue weighted by Gasteiger charge is -2.05. The second-order valence-electron chi connectivity index (χ2n) is 4.00. The van der Waals surface area contributed by atoms with Crippen LogP contribution in [0.4, 0.5) is 5.69 Å². The van der Waals surface area contributed by atoms with E-state index in [9.17, 15) is 4.79 Å². The predicted molar refractivity (Wildman–Crippen MR) is 70.6 cm³/mol. The van der Waals surface area contributed by atoms with E-state index in [4.69, 9.17) is 10.8 Å². The number of hydrogen-bond donors (Lipinski definition) is 2. The second kappa shape index (κ2) is 4.22. The van der Waals surface area contributed by atoms with Crippen molar-refractivity contribution in [1.29, 1.82) is 0 Å². The van der Waals surface area contributed by atoms with Crippen LogP contribution in [-0.4, -0.2) is 11.1 Å². The number of anilines is 1. The molecule has 0 unspecified atom stereocenters. The first-order valence-corrected chi connectivity index (χ1v) is 6.06. The van der Waals surface area contributed by atoms with Crippen LogP contribution in [-0.2, 0) is 0 Å². The molecular formula is C13H13NO2S. The molecule has 0 radical (unpaired) electrons. The molecule has 0 fully saturated rings. The molecule has 0 saturated carbocycles. The van der Waals surface area contributed by atoms with Gasteiger partial charge in [0, 0.05) is 10.9 Å². The van der Waals surface area contributed by atoms with Crippen molar-refractivity contribution < 1.29 is 9.90 Å². The molecule has 1 heterocycles. The molecule has 0 aliphatic rings. The topological polar surface area (TPSA) is 63.3 Å². The van der Waals surface area contributed by atoms with Crippen molar-refractivity contribution in [2.45, 2.75) is 13.8 Å². The summed E-state index contributed by atoms with van der Waals surface area (Å²) in [5.41, 5.74) is 10.4. The highest BCUT2D eigenvalue weighted by Gasteiger charge is 2.15. The van der Waals surface area contributed by atoms with E-state index >= 15 is 0 Å². The Kier molecular flexibility index (Phi) is 2.90. The van der Waals surface area contributed by atoms with E-state index in [1.807, 2.05) is 32.0 Å². The van der Waals surface area contributed by atoms with Crippen LogP contribution in [0, 0.1) is 13.8 Å². The van der Waals surface area contributed by atoms with Gasteiger partial charge in [-0.1, -0.05) is 18.2 Å².